The number of carbonyl (C=O) groups excluding carboxylic acids is 1. The number of esters is 1. The van der Waals surface area contributed by atoms with Crippen molar-refractivity contribution in [1.29, 1.82) is 0 Å². The molecule has 0 fully saturated rings. The first-order chi connectivity index (χ1) is 9.26. The Bertz CT molecular complexity index is 452. The molecule has 0 saturated heterocycles. The maximum absolute atomic E-state index is 11.3. The van der Waals surface area contributed by atoms with Crippen LogP contribution in [-0.4, -0.2) is 19.2 Å². The second kappa shape index (κ2) is 8.82. The standard InChI is InChI=1S/C16H18O3/c1-3-5-13-19-16(17)11-8-14-6-9-15(10-7-14)18-12-4-2/h2,6-11H,3,5,12-13H2,1H3/b11-8+. The molecule has 0 spiro atoms. The van der Waals surface area contributed by atoms with Crippen LogP contribution < -0.4 is 4.74 Å². The summed E-state index contributed by atoms with van der Waals surface area (Å²) in [7, 11) is 0. The van der Waals surface area contributed by atoms with Gasteiger partial charge in [-0.3, -0.25) is 0 Å². The summed E-state index contributed by atoms with van der Waals surface area (Å²) in [6, 6.07) is 7.31. The summed E-state index contributed by atoms with van der Waals surface area (Å²) in [6.45, 7) is 2.77. The fourth-order valence-electron chi connectivity index (χ4n) is 1.33. The molecule has 0 aromatic heterocycles. The first-order valence-electron chi connectivity index (χ1n) is 6.27. The van der Waals surface area contributed by atoms with Crippen LogP contribution in [-0.2, 0) is 9.53 Å². The van der Waals surface area contributed by atoms with E-state index in [1.54, 1.807) is 18.2 Å². The van der Waals surface area contributed by atoms with Gasteiger partial charge >= 0.3 is 5.97 Å². The lowest BCUT2D eigenvalue weighted by atomic mass is 10.2. The highest BCUT2D eigenvalue weighted by Crippen LogP contribution is 2.13. The van der Waals surface area contributed by atoms with Crippen LogP contribution in [0.4, 0.5) is 0 Å². The van der Waals surface area contributed by atoms with Crippen LogP contribution in [0.25, 0.3) is 6.08 Å². The predicted molar refractivity (Wildman–Crippen MR) is 75.7 cm³/mol. The van der Waals surface area contributed by atoms with Gasteiger partial charge in [-0.1, -0.05) is 31.4 Å². The van der Waals surface area contributed by atoms with Crippen LogP contribution in [0.1, 0.15) is 25.3 Å². The van der Waals surface area contributed by atoms with Gasteiger partial charge in [-0.25, -0.2) is 4.79 Å². The maximum Gasteiger partial charge on any atom is 0.330 e. The molecule has 0 saturated carbocycles. The fourth-order valence-corrected chi connectivity index (χ4v) is 1.33. The molecular formula is C16H18O3. The first-order valence-corrected chi connectivity index (χ1v) is 6.27. The molecular weight excluding hydrogens is 240 g/mol. The average Bonchev–Trinajstić information content (AvgIpc) is 2.44. The van der Waals surface area contributed by atoms with Crippen molar-refractivity contribution in [3.8, 4) is 18.1 Å². The highest BCUT2D eigenvalue weighted by Gasteiger charge is 1.96. The van der Waals surface area contributed by atoms with Crippen molar-refractivity contribution in [2.75, 3.05) is 13.2 Å². The van der Waals surface area contributed by atoms with Crippen LogP contribution in [0, 0.1) is 12.3 Å². The van der Waals surface area contributed by atoms with E-state index in [9.17, 15) is 4.79 Å². The van der Waals surface area contributed by atoms with Gasteiger partial charge in [0.15, 0.2) is 0 Å². The first kappa shape index (κ1) is 14.8. The summed E-state index contributed by atoms with van der Waals surface area (Å²) < 4.78 is 10.3. The van der Waals surface area contributed by atoms with Crippen molar-refractivity contribution in [3.63, 3.8) is 0 Å². The molecule has 0 bridgehead atoms. The van der Waals surface area contributed by atoms with E-state index in [0.717, 1.165) is 18.4 Å². The number of carbonyl (C=O) groups is 1. The molecule has 100 valence electrons. The lowest BCUT2D eigenvalue weighted by molar-refractivity contribution is -0.137. The minimum Gasteiger partial charge on any atom is -0.481 e. The van der Waals surface area contributed by atoms with E-state index in [1.165, 1.54) is 6.08 Å². The third kappa shape index (κ3) is 6.32. The van der Waals surface area contributed by atoms with Crippen LogP contribution in [0.5, 0.6) is 5.75 Å². The van der Waals surface area contributed by atoms with Gasteiger partial charge < -0.3 is 9.47 Å². The highest BCUT2D eigenvalue weighted by molar-refractivity contribution is 5.87. The molecule has 3 heteroatoms. The monoisotopic (exact) mass is 258 g/mol. The lowest BCUT2D eigenvalue weighted by Crippen LogP contribution is -2.01. The zero-order chi connectivity index (χ0) is 13.9. The van der Waals surface area contributed by atoms with E-state index >= 15 is 0 Å². The number of rotatable bonds is 7. The lowest BCUT2D eigenvalue weighted by Gasteiger charge is -2.02. The van der Waals surface area contributed by atoms with Gasteiger partial charge in [-0.05, 0) is 30.2 Å². The molecule has 1 aromatic rings. The molecule has 3 nitrogen and oxygen atoms in total. The van der Waals surface area contributed by atoms with E-state index in [0.29, 0.717) is 12.4 Å². The Hall–Kier alpha value is -2.21. The Morgan fingerprint density at radius 2 is 2.11 bits per heavy atom. The predicted octanol–water partition coefficient (Wildman–Crippen LogP) is 3.06. The Labute approximate surface area is 114 Å². The van der Waals surface area contributed by atoms with Gasteiger partial charge in [-0.2, -0.15) is 0 Å². The van der Waals surface area contributed by atoms with Crippen LogP contribution in [0.2, 0.25) is 0 Å². The Balaban J connectivity index is 2.44. The summed E-state index contributed by atoms with van der Waals surface area (Å²) in [5.41, 5.74) is 0.903. The smallest absolute Gasteiger partial charge is 0.330 e. The Kier molecular flexibility index (Phi) is 6.89. The molecule has 0 N–H and O–H groups in total. The molecule has 0 amide bonds. The summed E-state index contributed by atoms with van der Waals surface area (Å²) in [5, 5.41) is 0. The molecule has 1 rings (SSSR count). The zero-order valence-corrected chi connectivity index (χ0v) is 11.1. The molecule has 0 aliphatic rings. The molecule has 0 aliphatic heterocycles. The van der Waals surface area contributed by atoms with E-state index < -0.39 is 0 Å². The number of hydrogen-bond acceptors (Lipinski definition) is 3. The van der Waals surface area contributed by atoms with Crippen LogP contribution >= 0.6 is 0 Å². The largest absolute Gasteiger partial charge is 0.481 e. The SMILES string of the molecule is C#CCOc1ccc(/C=C/C(=O)OCCCC)cc1. The van der Waals surface area contributed by atoms with Crippen LogP contribution in [0.3, 0.4) is 0 Å². The summed E-state index contributed by atoms with van der Waals surface area (Å²) in [6.07, 6.45) is 10.1. The number of benzene rings is 1. The third-order valence-corrected chi connectivity index (χ3v) is 2.36. The number of unbranched alkanes of at least 4 members (excludes halogenated alkanes) is 1. The highest BCUT2D eigenvalue weighted by atomic mass is 16.5. The van der Waals surface area contributed by atoms with Crippen molar-refractivity contribution in [3.05, 3.63) is 35.9 Å². The van der Waals surface area contributed by atoms with Crippen LogP contribution in [0.15, 0.2) is 30.3 Å². The minimum absolute atomic E-state index is 0.249. The van der Waals surface area contributed by atoms with Crippen molar-refractivity contribution in [1.82, 2.24) is 0 Å². The molecule has 0 unspecified atom stereocenters. The molecule has 0 radical (unpaired) electrons. The number of ether oxygens (including phenoxy) is 2. The summed E-state index contributed by atoms with van der Waals surface area (Å²) in [5.74, 6) is 2.79. The van der Waals surface area contributed by atoms with Gasteiger partial charge in [0, 0.05) is 6.08 Å². The van der Waals surface area contributed by atoms with Crippen molar-refractivity contribution < 1.29 is 14.3 Å². The van der Waals surface area contributed by atoms with E-state index in [1.807, 2.05) is 19.1 Å². The summed E-state index contributed by atoms with van der Waals surface area (Å²) in [4.78, 5) is 11.3. The van der Waals surface area contributed by atoms with Gasteiger partial charge in [-0.15, -0.1) is 6.42 Å². The molecule has 0 heterocycles. The third-order valence-electron chi connectivity index (χ3n) is 2.36. The number of terminal acetylenes is 1. The molecule has 19 heavy (non-hydrogen) atoms. The van der Waals surface area contributed by atoms with E-state index in [4.69, 9.17) is 15.9 Å². The second-order valence-corrected chi connectivity index (χ2v) is 3.92. The zero-order valence-electron chi connectivity index (χ0n) is 11.1. The van der Waals surface area contributed by atoms with Crippen molar-refractivity contribution >= 4 is 12.0 Å². The topological polar surface area (TPSA) is 35.5 Å². The quantitative estimate of drug-likeness (QED) is 0.326. The normalized spacial score (nSPS) is 10.1. The van der Waals surface area contributed by atoms with E-state index in [2.05, 4.69) is 5.92 Å². The molecule has 1 aromatic carbocycles. The second-order valence-electron chi connectivity index (χ2n) is 3.92. The van der Waals surface area contributed by atoms with Gasteiger partial charge in [0.1, 0.15) is 12.4 Å². The van der Waals surface area contributed by atoms with E-state index in [-0.39, 0.29) is 12.6 Å². The number of hydrogen-bond donors (Lipinski definition) is 0. The van der Waals surface area contributed by atoms with Gasteiger partial charge in [0.2, 0.25) is 0 Å². The Morgan fingerprint density at radius 3 is 2.74 bits per heavy atom. The molecule has 0 aliphatic carbocycles. The van der Waals surface area contributed by atoms with Gasteiger partial charge in [0.25, 0.3) is 0 Å². The average molecular weight is 258 g/mol. The fraction of sp³-hybridized carbons (Fsp3) is 0.312. The summed E-state index contributed by atoms with van der Waals surface area (Å²) >= 11 is 0. The van der Waals surface area contributed by atoms with Crippen molar-refractivity contribution in [2.45, 2.75) is 19.8 Å². The Morgan fingerprint density at radius 1 is 1.37 bits per heavy atom. The molecule has 0 atom stereocenters. The van der Waals surface area contributed by atoms with Crippen molar-refractivity contribution in [2.24, 2.45) is 0 Å². The van der Waals surface area contributed by atoms with Gasteiger partial charge in [0.05, 0.1) is 6.61 Å². The maximum atomic E-state index is 11.3. The minimum atomic E-state index is -0.318.